The number of hydrogen-bond acceptors (Lipinski definition) is 6. The molecule has 0 N–H and O–H groups in total. The third-order valence-electron chi connectivity index (χ3n) is 7.45. The van der Waals surface area contributed by atoms with Gasteiger partial charge in [-0.2, -0.15) is 13.2 Å². The first-order valence-corrected chi connectivity index (χ1v) is 10.8. The van der Waals surface area contributed by atoms with Crippen LogP contribution in [-0.4, -0.2) is 40.8 Å². The van der Waals surface area contributed by atoms with E-state index >= 15 is 0 Å². The zero-order valence-electron chi connectivity index (χ0n) is 18.2. The van der Waals surface area contributed by atoms with Gasteiger partial charge in [0.25, 0.3) is 0 Å². The minimum absolute atomic E-state index is 0.00744. The Morgan fingerprint density at radius 2 is 1.91 bits per heavy atom. The highest BCUT2D eigenvalue weighted by molar-refractivity contribution is 5.68. The first-order valence-electron chi connectivity index (χ1n) is 10.8. The van der Waals surface area contributed by atoms with Gasteiger partial charge in [-0.25, -0.2) is 15.0 Å². The van der Waals surface area contributed by atoms with Crippen molar-refractivity contribution >= 4 is 24.9 Å². The average Bonchev–Trinajstić information content (AvgIpc) is 2.72. The lowest BCUT2D eigenvalue weighted by molar-refractivity contribution is -0.337. The van der Waals surface area contributed by atoms with Crippen LogP contribution in [0.15, 0.2) is 33.1 Å². The zero-order chi connectivity index (χ0) is 23.6. The second-order valence-corrected chi connectivity index (χ2v) is 9.50. The normalized spacial score (nSPS) is 30.8. The van der Waals surface area contributed by atoms with Gasteiger partial charge in [-0.3, -0.25) is 9.79 Å². The molecule has 4 aliphatic rings. The first-order chi connectivity index (χ1) is 15.6. The van der Waals surface area contributed by atoms with Crippen molar-refractivity contribution in [2.45, 2.75) is 55.7 Å². The Balaban J connectivity index is 1.47. The van der Waals surface area contributed by atoms with Gasteiger partial charge in [-0.15, -0.1) is 0 Å². The van der Waals surface area contributed by atoms with Crippen LogP contribution < -0.4 is 5.56 Å². The number of rotatable bonds is 5. The average molecular weight is 459 g/mol. The van der Waals surface area contributed by atoms with E-state index in [0.717, 1.165) is 5.56 Å². The second kappa shape index (κ2) is 7.31. The predicted molar refractivity (Wildman–Crippen MR) is 117 cm³/mol. The molecule has 0 amide bonds. The number of halogens is 3. The number of nitrogens with zero attached hydrogens (tertiary/aromatic N) is 5. The number of hydrogen-bond donors (Lipinski definition) is 0. The zero-order valence-corrected chi connectivity index (χ0v) is 18.2. The summed E-state index contributed by atoms with van der Waals surface area (Å²) in [7, 11) is 1.68. The van der Waals surface area contributed by atoms with Crippen LogP contribution in [0.2, 0.25) is 0 Å². The molecule has 1 aliphatic heterocycles. The van der Waals surface area contributed by atoms with Crippen molar-refractivity contribution in [2.24, 2.45) is 22.4 Å². The third-order valence-corrected chi connectivity index (χ3v) is 7.45. The highest BCUT2D eigenvalue weighted by Gasteiger charge is 2.79. The van der Waals surface area contributed by atoms with Gasteiger partial charge in [0.1, 0.15) is 11.5 Å². The molecule has 3 heterocycles. The molecule has 0 radical (unpaired) electrons. The van der Waals surface area contributed by atoms with Crippen LogP contribution in [0.25, 0.3) is 0 Å². The van der Waals surface area contributed by atoms with Crippen molar-refractivity contribution in [3.8, 4) is 0 Å². The van der Waals surface area contributed by atoms with Gasteiger partial charge in [0.05, 0.1) is 17.2 Å². The predicted octanol–water partition coefficient (Wildman–Crippen LogP) is 4.46. The van der Waals surface area contributed by atoms with Crippen LogP contribution in [0.5, 0.6) is 0 Å². The summed E-state index contributed by atoms with van der Waals surface area (Å²) in [5.74, 6) is 0.688. The van der Waals surface area contributed by atoms with Gasteiger partial charge in [-0.1, -0.05) is 0 Å². The molecule has 2 unspecified atom stereocenters. The van der Waals surface area contributed by atoms with E-state index in [-0.39, 0.29) is 42.7 Å². The molecule has 6 rings (SSSR count). The monoisotopic (exact) mass is 459 g/mol. The number of alkyl halides is 3. The lowest BCUT2D eigenvalue weighted by atomic mass is 9.34. The van der Waals surface area contributed by atoms with E-state index in [9.17, 15) is 18.0 Å². The number of ether oxygens (including phenoxy) is 1. The summed E-state index contributed by atoms with van der Waals surface area (Å²) >= 11 is 0. The summed E-state index contributed by atoms with van der Waals surface area (Å²) < 4.78 is 47.7. The summed E-state index contributed by atoms with van der Waals surface area (Å²) in [5, 5.41) is 0. The fourth-order valence-corrected chi connectivity index (χ4v) is 5.68. The maximum atomic E-state index is 13.4. The Bertz CT molecular complexity index is 1190. The molecule has 0 spiro atoms. The van der Waals surface area contributed by atoms with Crippen LogP contribution in [0.1, 0.15) is 61.2 Å². The van der Waals surface area contributed by atoms with E-state index in [4.69, 9.17) is 9.72 Å². The van der Waals surface area contributed by atoms with Gasteiger partial charge in [0.15, 0.2) is 5.82 Å². The SMILES string of the molecule is C=Nc1nc(C2CCOC(c3ccc(=O)n(C)c3)C2)nc(C23CC(C(F)(F)F)(C2)C3)c1N=C. The Hall–Kier alpha value is -2.88. The van der Waals surface area contributed by atoms with E-state index in [0.29, 0.717) is 36.7 Å². The van der Waals surface area contributed by atoms with Crippen molar-refractivity contribution in [1.82, 2.24) is 14.5 Å². The van der Waals surface area contributed by atoms with E-state index in [1.807, 2.05) is 0 Å². The number of aryl methyl sites for hydroxylation is 1. The Labute approximate surface area is 188 Å². The molecule has 4 fully saturated rings. The van der Waals surface area contributed by atoms with Crippen LogP contribution >= 0.6 is 0 Å². The summed E-state index contributed by atoms with van der Waals surface area (Å²) in [4.78, 5) is 29.1. The van der Waals surface area contributed by atoms with Gasteiger partial charge in [-0.05, 0) is 57.2 Å². The third kappa shape index (κ3) is 3.25. The van der Waals surface area contributed by atoms with Gasteiger partial charge in [0, 0.05) is 37.3 Å². The molecule has 2 aromatic heterocycles. The molecule has 3 saturated carbocycles. The minimum atomic E-state index is -4.21. The molecule has 7 nitrogen and oxygen atoms in total. The molecule has 33 heavy (non-hydrogen) atoms. The molecule has 2 atom stereocenters. The Morgan fingerprint density at radius 1 is 1.18 bits per heavy atom. The van der Waals surface area contributed by atoms with Gasteiger partial charge in [0.2, 0.25) is 5.56 Å². The maximum absolute atomic E-state index is 13.4. The molecule has 2 aromatic rings. The Kier molecular flexibility index (Phi) is 4.86. The maximum Gasteiger partial charge on any atom is 0.394 e. The number of aromatic nitrogens is 3. The highest BCUT2D eigenvalue weighted by atomic mass is 19.4. The topological polar surface area (TPSA) is 81.7 Å². The second-order valence-electron chi connectivity index (χ2n) is 9.50. The quantitative estimate of drug-likeness (QED) is 0.619. The van der Waals surface area contributed by atoms with Gasteiger partial charge < -0.3 is 9.30 Å². The summed E-state index contributed by atoms with van der Waals surface area (Å²) in [6.07, 6.45) is -1.44. The fourth-order valence-electron chi connectivity index (χ4n) is 5.68. The fraction of sp³-hybridized carbons (Fsp3) is 0.522. The largest absolute Gasteiger partial charge is 0.394 e. The van der Waals surface area contributed by atoms with Crippen molar-refractivity contribution in [1.29, 1.82) is 0 Å². The van der Waals surface area contributed by atoms with Gasteiger partial charge >= 0.3 is 6.18 Å². The standard InChI is InChI=1S/C23H24F3N5O2/c1-27-17-18(21-10-22(11-21,12-21)23(24,25)26)29-19(30-20(17)28-2)13-6-7-33-15(8-13)14-4-5-16(32)31(3)9-14/h4-5,9,13,15H,1-2,6-8,10-12H2,3H3. The first kappa shape index (κ1) is 21.9. The van der Waals surface area contributed by atoms with E-state index in [2.05, 4.69) is 28.4 Å². The summed E-state index contributed by atoms with van der Waals surface area (Å²) in [6, 6.07) is 3.25. The van der Waals surface area contributed by atoms with Crippen molar-refractivity contribution < 1.29 is 17.9 Å². The van der Waals surface area contributed by atoms with Crippen LogP contribution in [0.3, 0.4) is 0 Å². The molecule has 0 aromatic carbocycles. The van der Waals surface area contributed by atoms with Crippen LogP contribution in [0.4, 0.5) is 24.7 Å². The molecular weight excluding hydrogens is 435 g/mol. The van der Waals surface area contributed by atoms with Crippen LogP contribution in [0, 0.1) is 5.41 Å². The van der Waals surface area contributed by atoms with Crippen molar-refractivity contribution in [2.75, 3.05) is 6.61 Å². The van der Waals surface area contributed by atoms with E-state index in [1.165, 1.54) is 10.6 Å². The summed E-state index contributed by atoms with van der Waals surface area (Å²) in [5.41, 5.74) is -0.674. The molecule has 174 valence electrons. The molecule has 10 heteroatoms. The van der Waals surface area contributed by atoms with Crippen molar-refractivity contribution in [3.05, 3.63) is 45.8 Å². The molecule has 1 saturated heterocycles. The van der Waals surface area contributed by atoms with E-state index < -0.39 is 17.0 Å². The molecule has 2 bridgehead atoms. The number of pyridine rings is 1. The lowest BCUT2D eigenvalue weighted by Gasteiger charge is -2.70. The molecule has 3 aliphatic carbocycles. The molecular formula is C23H24F3N5O2. The lowest BCUT2D eigenvalue weighted by Crippen LogP contribution is -2.70. The smallest absolute Gasteiger partial charge is 0.373 e. The van der Waals surface area contributed by atoms with E-state index in [1.54, 1.807) is 19.3 Å². The Morgan fingerprint density at radius 3 is 2.52 bits per heavy atom. The highest BCUT2D eigenvalue weighted by Crippen LogP contribution is 2.79. The number of aliphatic imine (C=N–C) groups is 2. The summed E-state index contributed by atoms with van der Waals surface area (Å²) in [6.45, 7) is 7.62. The van der Waals surface area contributed by atoms with Crippen LogP contribution in [-0.2, 0) is 17.2 Å². The minimum Gasteiger partial charge on any atom is -0.373 e. The van der Waals surface area contributed by atoms with Crippen molar-refractivity contribution in [3.63, 3.8) is 0 Å².